The maximum absolute atomic E-state index is 12.3. The van der Waals surface area contributed by atoms with Crippen LogP contribution in [0.15, 0.2) is 18.2 Å². The standard InChI is InChI=1S/C17H23N5O2/c1-11-20-14-5-4-12(9-15(14)21-11)17(24)19-6-8-22-7-2-3-13(10-22)16(18)23/h4-5,9,13H,2-3,6-8,10H2,1H3,(H2,18,23)(H,19,24)(H,20,21)/t13-/m1/s1. The molecule has 0 spiro atoms. The molecule has 0 aliphatic carbocycles. The van der Waals surface area contributed by atoms with Gasteiger partial charge in [-0.1, -0.05) is 0 Å². The molecule has 1 aliphatic heterocycles. The second-order valence-corrected chi connectivity index (χ2v) is 6.35. The lowest BCUT2D eigenvalue weighted by molar-refractivity contribution is -0.123. The van der Waals surface area contributed by atoms with E-state index in [-0.39, 0.29) is 17.7 Å². The normalized spacial score (nSPS) is 18.6. The van der Waals surface area contributed by atoms with Gasteiger partial charge in [0.05, 0.1) is 17.0 Å². The number of rotatable bonds is 5. The zero-order valence-corrected chi connectivity index (χ0v) is 13.8. The van der Waals surface area contributed by atoms with Gasteiger partial charge in [-0.3, -0.25) is 9.59 Å². The number of amides is 2. The molecule has 24 heavy (non-hydrogen) atoms. The molecule has 1 saturated heterocycles. The molecule has 1 aromatic carbocycles. The number of fused-ring (bicyclic) bond motifs is 1. The van der Waals surface area contributed by atoms with Crippen molar-refractivity contribution in [1.29, 1.82) is 0 Å². The van der Waals surface area contributed by atoms with Crippen LogP contribution in [0.2, 0.25) is 0 Å². The quantitative estimate of drug-likeness (QED) is 0.754. The molecule has 2 aromatic rings. The van der Waals surface area contributed by atoms with Gasteiger partial charge in [-0.25, -0.2) is 4.98 Å². The second kappa shape index (κ2) is 7.00. The Balaban J connectivity index is 1.52. The third-order valence-electron chi connectivity index (χ3n) is 4.48. The number of benzene rings is 1. The Bertz CT molecular complexity index is 755. The Kier molecular flexibility index (Phi) is 4.80. The fourth-order valence-electron chi connectivity index (χ4n) is 3.20. The largest absolute Gasteiger partial charge is 0.369 e. The monoisotopic (exact) mass is 329 g/mol. The van der Waals surface area contributed by atoms with Gasteiger partial charge in [-0.2, -0.15) is 0 Å². The topological polar surface area (TPSA) is 104 Å². The number of aromatic amines is 1. The van der Waals surface area contributed by atoms with Gasteiger partial charge >= 0.3 is 0 Å². The van der Waals surface area contributed by atoms with Crippen LogP contribution >= 0.6 is 0 Å². The van der Waals surface area contributed by atoms with E-state index >= 15 is 0 Å². The molecule has 0 radical (unpaired) electrons. The number of aromatic nitrogens is 2. The molecule has 7 nitrogen and oxygen atoms in total. The van der Waals surface area contributed by atoms with Crippen molar-refractivity contribution in [3.8, 4) is 0 Å². The smallest absolute Gasteiger partial charge is 0.251 e. The van der Waals surface area contributed by atoms with Gasteiger partial charge in [0.15, 0.2) is 0 Å². The number of hydrogen-bond acceptors (Lipinski definition) is 4. The van der Waals surface area contributed by atoms with Crippen LogP contribution in [0.3, 0.4) is 0 Å². The maximum atomic E-state index is 12.3. The summed E-state index contributed by atoms with van der Waals surface area (Å²) in [5, 5.41) is 2.93. The molecule has 0 unspecified atom stereocenters. The lowest BCUT2D eigenvalue weighted by atomic mass is 9.97. The first-order chi connectivity index (χ1) is 11.5. The van der Waals surface area contributed by atoms with Crippen LogP contribution in [0.5, 0.6) is 0 Å². The number of nitrogens with two attached hydrogens (primary N) is 1. The lowest BCUT2D eigenvalue weighted by Gasteiger charge is -2.31. The Morgan fingerprint density at radius 1 is 1.46 bits per heavy atom. The summed E-state index contributed by atoms with van der Waals surface area (Å²) in [6.07, 6.45) is 1.83. The number of nitrogens with one attached hydrogen (secondary N) is 2. The highest BCUT2D eigenvalue weighted by Gasteiger charge is 2.23. The number of nitrogens with zero attached hydrogens (tertiary/aromatic N) is 2. The van der Waals surface area contributed by atoms with Crippen LogP contribution in [0.1, 0.15) is 29.0 Å². The number of piperidine rings is 1. The van der Waals surface area contributed by atoms with E-state index in [9.17, 15) is 9.59 Å². The molecule has 1 fully saturated rings. The van der Waals surface area contributed by atoms with Crippen LogP contribution in [0.4, 0.5) is 0 Å². The van der Waals surface area contributed by atoms with E-state index in [0.29, 0.717) is 18.7 Å². The fraction of sp³-hybridized carbons (Fsp3) is 0.471. The van der Waals surface area contributed by atoms with Gasteiger partial charge in [-0.05, 0) is 44.5 Å². The Morgan fingerprint density at radius 2 is 2.29 bits per heavy atom. The highest BCUT2D eigenvalue weighted by Crippen LogP contribution is 2.16. The fourth-order valence-corrected chi connectivity index (χ4v) is 3.20. The highest BCUT2D eigenvalue weighted by atomic mass is 16.2. The third kappa shape index (κ3) is 3.73. The molecule has 4 N–H and O–H groups in total. The average molecular weight is 329 g/mol. The second-order valence-electron chi connectivity index (χ2n) is 6.35. The van der Waals surface area contributed by atoms with E-state index in [0.717, 1.165) is 42.8 Å². The number of primary amides is 1. The van der Waals surface area contributed by atoms with Gasteiger partial charge in [0.2, 0.25) is 5.91 Å². The van der Waals surface area contributed by atoms with E-state index in [1.165, 1.54) is 0 Å². The molecule has 0 bridgehead atoms. The summed E-state index contributed by atoms with van der Waals surface area (Å²) in [6, 6.07) is 5.44. The SMILES string of the molecule is Cc1nc2ccc(C(=O)NCCN3CCC[C@@H](C(N)=O)C3)cc2[nH]1. The first kappa shape index (κ1) is 16.4. The van der Waals surface area contributed by atoms with Crippen LogP contribution in [-0.4, -0.2) is 52.9 Å². The molecule has 2 heterocycles. The molecule has 0 saturated carbocycles. The predicted octanol–water partition coefficient (Wildman–Crippen LogP) is 0.798. The van der Waals surface area contributed by atoms with Crippen molar-refractivity contribution in [2.75, 3.05) is 26.2 Å². The predicted molar refractivity (Wildman–Crippen MR) is 91.5 cm³/mol. The number of imidazole rings is 1. The van der Waals surface area contributed by atoms with Crippen LogP contribution in [-0.2, 0) is 4.79 Å². The molecule has 1 aromatic heterocycles. The van der Waals surface area contributed by atoms with Crippen LogP contribution in [0, 0.1) is 12.8 Å². The molecule has 1 aliphatic rings. The minimum absolute atomic E-state index is 0.0690. The van der Waals surface area contributed by atoms with E-state index in [4.69, 9.17) is 5.73 Å². The molecule has 7 heteroatoms. The zero-order valence-electron chi connectivity index (χ0n) is 13.8. The van der Waals surface area contributed by atoms with Gasteiger partial charge in [-0.15, -0.1) is 0 Å². The summed E-state index contributed by atoms with van der Waals surface area (Å²) >= 11 is 0. The molecule has 1 atom stereocenters. The molecular weight excluding hydrogens is 306 g/mol. The van der Waals surface area contributed by atoms with Crippen molar-refractivity contribution in [3.63, 3.8) is 0 Å². The maximum Gasteiger partial charge on any atom is 0.251 e. The minimum Gasteiger partial charge on any atom is -0.369 e. The van der Waals surface area contributed by atoms with Crippen molar-refractivity contribution < 1.29 is 9.59 Å². The van der Waals surface area contributed by atoms with Gasteiger partial charge in [0, 0.05) is 25.2 Å². The average Bonchev–Trinajstić information content (AvgIpc) is 2.94. The number of carbonyl (C=O) groups is 2. The summed E-state index contributed by atoms with van der Waals surface area (Å²) in [7, 11) is 0. The molecule has 2 amide bonds. The van der Waals surface area contributed by atoms with Crippen molar-refractivity contribution >= 4 is 22.8 Å². The van der Waals surface area contributed by atoms with E-state index < -0.39 is 0 Å². The van der Waals surface area contributed by atoms with Crippen LogP contribution in [0.25, 0.3) is 11.0 Å². The lowest BCUT2D eigenvalue weighted by Crippen LogP contribution is -2.44. The molecular formula is C17H23N5O2. The van der Waals surface area contributed by atoms with Crippen molar-refractivity contribution in [2.24, 2.45) is 11.7 Å². The van der Waals surface area contributed by atoms with Gasteiger partial charge < -0.3 is 20.9 Å². The zero-order chi connectivity index (χ0) is 17.1. The summed E-state index contributed by atoms with van der Waals surface area (Å²) in [5.41, 5.74) is 7.71. The van der Waals surface area contributed by atoms with Crippen LogP contribution < -0.4 is 11.1 Å². The van der Waals surface area contributed by atoms with Crippen molar-refractivity contribution in [3.05, 3.63) is 29.6 Å². The highest BCUT2D eigenvalue weighted by molar-refractivity contribution is 5.97. The Hall–Kier alpha value is -2.41. The third-order valence-corrected chi connectivity index (χ3v) is 4.48. The van der Waals surface area contributed by atoms with Gasteiger partial charge in [0.25, 0.3) is 5.91 Å². The minimum atomic E-state index is -0.230. The number of carbonyl (C=O) groups excluding carboxylic acids is 2. The molecule has 3 rings (SSSR count). The van der Waals surface area contributed by atoms with E-state index in [1.54, 1.807) is 6.07 Å². The number of aryl methyl sites for hydroxylation is 1. The Morgan fingerprint density at radius 3 is 3.08 bits per heavy atom. The number of likely N-dealkylation sites (tertiary alicyclic amines) is 1. The van der Waals surface area contributed by atoms with Crippen molar-refractivity contribution in [2.45, 2.75) is 19.8 Å². The summed E-state index contributed by atoms with van der Waals surface area (Å²) in [4.78, 5) is 33.2. The summed E-state index contributed by atoms with van der Waals surface area (Å²) in [5.74, 6) is 0.427. The van der Waals surface area contributed by atoms with E-state index in [1.807, 2.05) is 19.1 Å². The number of H-pyrrole nitrogens is 1. The number of hydrogen-bond donors (Lipinski definition) is 3. The first-order valence-corrected chi connectivity index (χ1v) is 8.29. The molecule has 128 valence electrons. The summed E-state index contributed by atoms with van der Waals surface area (Å²) < 4.78 is 0. The van der Waals surface area contributed by atoms with Gasteiger partial charge in [0.1, 0.15) is 5.82 Å². The summed E-state index contributed by atoms with van der Waals surface area (Å²) in [6.45, 7) is 4.78. The van der Waals surface area contributed by atoms with Crippen molar-refractivity contribution in [1.82, 2.24) is 20.2 Å². The van der Waals surface area contributed by atoms with E-state index in [2.05, 4.69) is 20.2 Å². The first-order valence-electron chi connectivity index (χ1n) is 8.29. The Labute approximate surface area is 140 Å².